The molecule has 2 aromatic heterocycles. The molecule has 0 aromatic carbocycles. The van der Waals surface area contributed by atoms with Gasteiger partial charge in [-0.3, -0.25) is 0 Å². The Hall–Kier alpha value is -0.910. The van der Waals surface area contributed by atoms with Crippen LogP contribution < -0.4 is 10.2 Å². The van der Waals surface area contributed by atoms with Crippen LogP contribution in [0.5, 0.6) is 0 Å². The maximum absolute atomic E-state index is 4.56. The summed E-state index contributed by atoms with van der Waals surface area (Å²) < 4.78 is 1.17. The van der Waals surface area contributed by atoms with Crippen LogP contribution in [0.4, 0.5) is 5.82 Å². The topological polar surface area (TPSA) is 28.2 Å². The normalized spacial score (nSPS) is 11.1. The van der Waals surface area contributed by atoms with Crippen molar-refractivity contribution in [2.24, 2.45) is 5.92 Å². The molecule has 0 saturated carbocycles. The zero-order valence-electron chi connectivity index (χ0n) is 12.8. The highest BCUT2D eigenvalue weighted by Crippen LogP contribution is 2.24. The van der Waals surface area contributed by atoms with E-state index in [2.05, 4.69) is 69.5 Å². The van der Waals surface area contributed by atoms with Gasteiger partial charge in [0, 0.05) is 31.9 Å². The van der Waals surface area contributed by atoms with Crippen molar-refractivity contribution in [3.8, 4) is 0 Å². The first kappa shape index (κ1) is 16.5. The SMILES string of the molecule is CC(C)CNCc1cccnc1N(C)Cc1csc(Br)c1. The van der Waals surface area contributed by atoms with Crippen LogP contribution in [-0.2, 0) is 13.1 Å². The summed E-state index contributed by atoms with van der Waals surface area (Å²) >= 11 is 5.23. The van der Waals surface area contributed by atoms with Gasteiger partial charge in [-0.05, 0) is 51.5 Å². The molecule has 0 radical (unpaired) electrons. The van der Waals surface area contributed by atoms with Gasteiger partial charge in [0.15, 0.2) is 0 Å². The molecule has 2 rings (SSSR count). The smallest absolute Gasteiger partial charge is 0.133 e. The number of thiophene rings is 1. The minimum absolute atomic E-state index is 0.658. The number of anilines is 1. The molecule has 1 N–H and O–H groups in total. The molecule has 5 heteroatoms. The zero-order valence-corrected chi connectivity index (χ0v) is 15.2. The van der Waals surface area contributed by atoms with Gasteiger partial charge in [0.25, 0.3) is 0 Å². The van der Waals surface area contributed by atoms with Crippen molar-refractivity contribution in [2.45, 2.75) is 26.9 Å². The Labute approximate surface area is 139 Å². The highest BCUT2D eigenvalue weighted by Gasteiger charge is 2.10. The van der Waals surface area contributed by atoms with Crippen molar-refractivity contribution in [3.63, 3.8) is 0 Å². The predicted molar refractivity (Wildman–Crippen MR) is 94.9 cm³/mol. The molecule has 0 aliphatic rings. The lowest BCUT2D eigenvalue weighted by atomic mass is 10.2. The standard InChI is InChI=1S/C16H22BrN3S/c1-12(2)8-18-9-14-5-4-6-19-16(14)20(3)10-13-7-15(17)21-11-13/h4-7,11-12,18H,8-10H2,1-3H3. The number of nitrogens with zero attached hydrogens (tertiary/aromatic N) is 2. The van der Waals surface area contributed by atoms with E-state index in [1.54, 1.807) is 11.3 Å². The van der Waals surface area contributed by atoms with Gasteiger partial charge in [0.1, 0.15) is 5.82 Å². The third kappa shape index (κ3) is 5.09. The Balaban J connectivity index is 2.04. The van der Waals surface area contributed by atoms with Crippen LogP contribution in [0.2, 0.25) is 0 Å². The summed E-state index contributed by atoms with van der Waals surface area (Å²) in [4.78, 5) is 6.77. The molecule has 0 bridgehead atoms. The molecular weight excluding hydrogens is 346 g/mol. The molecule has 0 fully saturated rings. The summed E-state index contributed by atoms with van der Waals surface area (Å²) in [6.45, 7) is 7.19. The van der Waals surface area contributed by atoms with Gasteiger partial charge < -0.3 is 10.2 Å². The summed E-state index contributed by atoms with van der Waals surface area (Å²) in [5.74, 6) is 1.71. The number of hydrogen-bond donors (Lipinski definition) is 1. The molecule has 2 heterocycles. The van der Waals surface area contributed by atoms with Crippen LogP contribution in [0.15, 0.2) is 33.6 Å². The van der Waals surface area contributed by atoms with Gasteiger partial charge >= 0.3 is 0 Å². The summed E-state index contributed by atoms with van der Waals surface area (Å²) in [5.41, 5.74) is 2.55. The van der Waals surface area contributed by atoms with E-state index >= 15 is 0 Å². The Morgan fingerprint density at radius 1 is 1.43 bits per heavy atom. The first-order chi connectivity index (χ1) is 10.1. The number of rotatable bonds is 7. The van der Waals surface area contributed by atoms with Crippen LogP contribution in [0.1, 0.15) is 25.0 Å². The van der Waals surface area contributed by atoms with E-state index in [4.69, 9.17) is 0 Å². The molecule has 0 amide bonds. The Bertz CT molecular complexity index is 568. The van der Waals surface area contributed by atoms with Crippen molar-refractivity contribution in [1.82, 2.24) is 10.3 Å². The van der Waals surface area contributed by atoms with E-state index in [1.165, 1.54) is 14.9 Å². The van der Waals surface area contributed by atoms with E-state index in [0.717, 1.165) is 25.5 Å². The average molecular weight is 368 g/mol. The van der Waals surface area contributed by atoms with Crippen LogP contribution in [-0.4, -0.2) is 18.6 Å². The van der Waals surface area contributed by atoms with E-state index in [9.17, 15) is 0 Å². The summed E-state index contributed by atoms with van der Waals surface area (Å²) in [7, 11) is 2.10. The fraction of sp³-hybridized carbons (Fsp3) is 0.438. The maximum Gasteiger partial charge on any atom is 0.133 e. The van der Waals surface area contributed by atoms with E-state index in [0.29, 0.717) is 5.92 Å². The van der Waals surface area contributed by atoms with E-state index in [-0.39, 0.29) is 0 Å². The molecule has 3 nitrogen and oxygen atoms in total. The minimum Gasteiger partial charge on any atom is -0.355 e. The summed E-state index contributed by atoms with van der Waals surface area (Å²) in [6, 6.07) is 6.32. The molecule has 114 valence electrons. The minimum atomic E-state index is 0.658. The van der Waals surface area contributed by atoms with Crippen molar-refractivity contribution in [1.29, 1.82) is 0 Å². The third-order valence-electron chi connectivity index (χ3n) is 3.14. The molecule has 2 aromatic rings. The van der Waals surface area contributed by atoms with Crippen molar-refractivity contribution in [2.75, 3.05) is 18.5 Å². The number of halogens is 1. The Morgan fingerprint density at radius 3 is 2.90 bits per heavy atom. The van der Waals surface area contributed by atoms with Gasteiger partial charge in [-0.25, -0.2) is 4.98 Å². The van der Waals surface area contributed by atoms with Crippen LogP contribution in [0, 0.1) is 5.92 Å². The maximum atomic E-state index is 4.56. The van der Waals surface area contributed by atoms with Crippen molar-refractivity contribution < 1.29 is 0 Å². The molecule has 0 aliphatic carbocycles. The molecular formula is C16H22BrN3S. The number of aromatic nitrogens is 1. The number of pyridine rings is 1. The monoisotopic (exact) mass is 367 g/mol. The second kappa shape index (κ2) is 7.92. The Morgan fingerprint density at radius 2 is 2.24 bits per heavy atom. The first-order valence-electron chi connectivity index (χ1n) is 7.15. The molecule has 0 spiro atoms. The van der Waals surface area contributed by atoms with Crippen LogP contribution in [0.25, 0.3) is 0 Å². The number of nitrogens with one attached hydrogen (secondary N) is 1. The second-order valence-electron chi connectivity index (χ2n) is 5.63. The van der Waals surface area contributed by atoms with Gasteiger partial charge in [0.05, 0.1) is 3.79 Å². The first-order valence-corrected chi connectivity index (χ1v) is 8.82. The quantitative estimate of drug-likeness (QED) is 0.790. The largest absolute Gasteiger partial charge is 0.355 e. The van der Waals surface area contributed by atoms with Crippen molar-refractivity contribution in [3.05, 3.63) is 44.7 Å². The fourth-order valence-electron chi connectivity index (χ4n) is 2.18. The highest BCUT2D eigenvalue weighted by molar-refractivity contribution is 9.11. The Kier molecular flexibility index (Phi) is 6.21. The van der Waals surface area contributed by atoms with Gasteiger partial charge in [-0.1, -0.05) is 19.9 Å². The van der Waals surface area contributed by atoms with Crippen LogP contribution in [0.3, 0.4) is 0 Å². The fourth-order valence-corrected chi connectivity index (χ4v) is 3.39. The zero-order chi connectivity index (χ0) is 15.2. The third-order valence-corrected chi connectivity index (χ3v) is 4.69. The van der Waals surface area contributed by atoms with Gasteiger partial charge in [-0.15, -0.1) is 11.3 Å². The lowest BCUT2D eigenvalue weighted by molar-refractivity contribution is 0.551. The second-order valence-corrected chi connectivity index (χ2v) is 7.92. The molecule has 0 aliphatic heterocycles. The summed E-state index contributed by atoms with van der Waals surface area (Å²) in [6.07, 6.45) is 1.86. The molecule has 0 saturated heterocycles. The van der Waals surface area contributed by atoms with Gasteiger partial charge in [-0.2, -0.15) is 0 Å². The van der Waals surface area contributed by atoms with E-state index in [1.807, 2.05) is 12.3 Å². The van der Waals surface area contributed by atoms with Crippen molar-refractivity contribution >= 4 is 33.1 Å². The van der Waals surface area contributed by atoms with Crippen LogP contribution >= 0.6 is 27.3 Å². The molecule has 21 heavy (non-hydrogen) atoms. The number of hydrogen-bond acceptors (Lipinski definition) is 4. The molecule has 0 unspecified atom stereocenters. The van der Waals surface area contributed by atoms with Gasteiger partial charge in [0.2, 0.25) is 0 Å². The molecule has 0 atom stereocenters. The highest BCUT2D eigenvalue weighted by atomic mass is 79.9. The summed E-state index contributed by atoms with van der Waals surface area (Å²) in [5, 5.41) is 5.67. The lowest BCUT2D eigenvalue weighted by Crippen LogP contribution is -2.23. The lowest BCUT2D eigenvalue weighted by Gasteiger charge is -2.21. The van der Waals surface area contributed by atoms with E-state index < -0.39 is 0 Å². The predicted octanol–water partition coefficient (Wildman–Crippen LogP) is 4.29. The average Bonchev–Trinajstić information content (AvgIpc) is 2.84.